The molecule has 4 nitrogen and oxygen atoms in total. The molecule has 0 heterocycles. The van der Waals surface area contributed by atoms with Crippen molar-refractivity contribution in [1.82, 2.24) is 5.32 Å². The minimum absolute atomic E-state index is 0.0790. The molecule has 5 heteroatoms. The second kappa shape index (κ2) is 7.79. The highest BCUT2D eigenvalue weighted by Crippen LogP contribution is 2.22. The molecule has 0 aliphatic carbocycles. The molecule has 0 aliphatic heterocycles. The molecule has 120 valence electrons. The molecule has 2 aromatic carbocycles. The molecule has 2 rings (SSSR count). The van der Waals surface area contributed by atoms with Gasteiger partial charge in [0.1, 0.15) is 0 Å². The Labute approximate surface area is 140 Å². The van der Waals surface area contributed by atoms with Crippen molar-refractivity contribution < 1.29 is 9.59 Å². The van der Waals surface area contributed by atoms with Crippen molar-refractivity contribution in [2.45, 2.75) is 26.3 Å². The van der Waals surface area contributed by atoms with E-state index >= 15 is 0 Å². The third kappa shape index (κ3) is 5.11. The van der Waals surface area contributed by atoms with Gasteiger partial charge in [-0.05, 0) is 36.2 Å². The van der Waals surface area contributed by atoms with Crippen molar-refractivity contribution in [2.75, 3.05) is 5.32 Å². The summed E-state index contributed by atoms with van der Waals surface area (Å²) in [5, 5.41) is 6.27. The first kappa shape index (κ1) is 17.0. The molecule has 0 spiro atoms. The topological polar surface area (TPSA) is 58.2 Å². The van der Waals surface area contributed by atoms with Gasteiger partial charge in [-0.3, -0.25) is 9.59 Å². The Morgan fingerprint density at radius 1 is 1.09 bits per heavy atom. The second-order valence-corrected chi connectivity index (χ2v) is 5.77. The SMILES string of the molecule is CC(=O)Nc1ccc(CC(=O)NC(C)c2ccccc2Cl)cc1. The number of anilines is 1. The summed E-state index contributed by atoms with van der Waals surface area (Å²) in [7, 11) is 0. The maximum absolute atomic E-state index is 12.1. The molecule has 0 saturated carbocycles. The molecule has 0 fully saturated rings. The molecule has 2 aromatic rings. The summed E-state index contributed by atoms with van der Waals surface area (Å²) in [6, 6.07) is 14.5. The second-order valence-electron chi connectivity index (χ2n) is 5.37. The van der Waals surface area contributed by atoms with Gasteiger partial charge in [-0.15, -0.1) is 0 Å². The van der Waals surface area contributed by atoms with Crippen LogP contribution in [0.3, 0.4) is 0 Å². The normalized spacial score (nSPS) is 11.6. The molecule has 0 radical (unpaired) electrons. The first-order chi connectivity index (χ1) is 11.0. The Hall–Kier alpha value is -2.33. The highest BCUT2D eigenvalue weighted by Gasteiger charge is 2.12. The number of nitrogens with one attached hydrogen (secondary N) is 2. The lowest BCUT2D eigenvalue weighted by Crippen LogP contribution is -2.28. The first-order valence-corrected chi connectivity index (χ1v) is 7.74. The monoisotopic (exact) mass is 330 g/mol. The minimum atomic E-state index is -0.158. The lowest BCUT2D eigenvalue weighted by Gasteiger charge is -2.15. The van der Waals surface area contributed by atoms with Crippen LogP contribution in [0.2, 0.25) is 5.02 Å². The molecule has 2 N–H and O–H groups in total. The van der Waals surface area contributed by atoms with Crippen LogP contribution < -0.4 is 10.6 Å². The van der Waals surface area contributed by atoms with E-state index in [2.05, 4.69) is 10.6 Å². The molecule has 0 bridgehead atoms. The van der Waals surface area contributed by atoms with Crippen LogP contribution in [0.1, 0.15) is 31.0 Å². The average molecular weight is 331 g/mol. The van der Waals surface area contributed by atoms with Gasteiger partial charge in [0.25, 0.3) is 0 Å². The molecule has 23 heavy (non-hydrogen) atoms. The van der Waals surface area contributed by atoms with Crippen LogP contribution in [0.15, 0.2) is 48.5 Å². The van der Waals surface area contributed by atoms with Gasteiger partial charge in [0, 0.05) is 17.6 Å². The lowest BCUT2D eigenvalue weighted by atomic mass is 10.1. The molecule has 0 saturated heterocycles. The zero-order chi connectivity index (χ0) is 16.8. The molecule has 1 unspecified atom stereocenters. The summed E-state index contributed by atoms with van der Waals surface area (Å²) in [5.74, 6) is -0.200. The highest BCUT2D eigenvalue weighted by molar-refractivity contribution is 6.31. The quantitative estimate of drug-likeness (QED) is 0.877. The predicted molar refractivity (Wildman–Crippen MR) is 92.5 cm³/mol. The Bertz CT molecular complexity index is 698. The molecular formula is C18H19ClN2O2. The van der Waals surface area contributed by atoms with Crippen LogP contribution in [0, 0.1) is 0 Å². The van der Waals surface area contributed by atoms with Gasteiger partial charge < -0.3 is 10.6 Å². The number of carbonyl (C=O) groups excluding carboxylic acids is 2. The molecule has 1 atom stereocenters. The fourth-order valence-electron chi connectivity index (χ4n) is 2.29. The van der Waals surface area contributed by atoms with Gasteiger partial charge in [0.05, 0.1) is 12.5 Å². The fourth-order valence-corrected chi connectivity index (χ4v) is 2.59. The largest absolute Gasteiger partial charge is 0.349 e. The number of halogens is 1. The van der Waals surface area contributed by atoms with Crippen LogP contribution in [-0.2, 0) is 16.0 Å². The predicted octanol–water partition coefficient (Wildman–Crippen LogP) is 3.72. The van der Waals surface area contributed by atoms with Crippen LogP contribution >= 0.6 is 11.6 Å². The number of benzene rings is 2. The third-order valence-corrected chi connectivity index (χ3v) is 3.73. The van der Waals surface area contributed by atoms with E-state index in [4.69, 9.17) is 11.6 Å². The Morgan fingerprint density at radius 2 is 1.74 bits per heavy atom. The standard InChI is InChI=1S/C18H19ClN2O2/c1-12(16-5-3-4-6-17(16)19)20-18(23)11-14-7-9-15(10-8-14)21-13(2)22/h3-10,12H,11H2,1-2H3,(H,20,23)(H,21,22). The number of hydrogen-bond acceptors (Lipinski definition) is 2. The summed E-state index contributed by atoms with van der Waals surface area (Å²) < 4.78 is 0. The van der Waals surface area contributed by atoms with E-state index in [0.717, 1.165) is 11.1 Å². The zero-order valence-corrected chi connectivity index (χ0v) is 13.9. The van der Waals surface area contributed by atoms with E-state index < -0.39 is 0 Å². The van der Waals surface area contributed by atoms with Crippen molar-refractivity contribution in [3.05, 3.63) is 64.7 Å². The summed E-state index contributed by atoms with van der Waals surface area (Å²) in [5.41, 5.74) is 2.48. The smallest absolute Gasteiger partial charge is 0.224 e. The van der Waals surface area contributed by atoms with Crippen LogP contribution in [-0.4, -0.2) is 11.8 Å². The lowest BCUT2D eigenvalue weighted by molar-refractivity contribution is -0.121. The van der Waals surface area contributed by atoms with E-state index in [1.165, 1.54) is 6.92 Å². The van der Waals surface area contributed by atoms with E-state index in [1.807, 2.05) is 37.3 Å². The summed E-state index contributed by atoms with van der Waals surface area (Å²) in [6.45, 7) is 3.36. The van der Waals surface area contributed by atoms with Crippen molar-refractivity contribution >= 4 is 29.1 Å². The van der Waals surface area contributed by atoms with Gasteiger partial charge in [-0.2, -0.15) is 0 Å². The van der Waals surface area contributed by atoms with E-state index in [-0.39, 0.29) is 24.3 Å². The summed E-state index contributed by atoms with van der Waals surface area (Å²) in [4.78, 5) is 23.1. The van der Waals surface area contributed by atoms with Gasteiger partial charge >= 0.3 is 0 Å². The highest BCUT2D eigenvalue weighted by atomic mass is 35.5. The first-order valence-electron chi connectivity index (χ1n) is 7.36. The molecule has 0 aliphatic rings. The Morgan fingerprint density at radius 3 is 2.35 bits per heavy atom. The maximum atomic E-state index is 12.1. The van der Waals surface area contributed by atoms with Crippen molar-refractivity contribution in [3.63, 3.8) is 0 Å². The van der Waals surface area contributed by atoms with Gasteiger partial charge in [-0.25, -0.2) is 0 Å². The average Bonchev–Trinajstić information content (AvgIpc) is 2.49. The number of carbonyl (C=O) groups is 2. The number of hydrogen-bond donors (Lipinski definition) is 2. The summed E-state index contributed by atoms with van der Waals surface area (Å²) in [6.07, 6.45) is 0.273. The summed E-state index contributed by atoms with van der Waals surface area (Å²) >= 11 is 6.14. The molecule has 2 amide bonds. The molecule has 0 aromatic heterocycles. The molecular weight excluding hydrogens is 312 g/mol. The third-order valence-electron chi connectivity index (χ3n) is 3.39. The van der Waals surface area contributed by atoms with Crippen LogP contribution in [0.4, 0.5) is 5.69 Å². The Balaban J connectivity index is 1.94. The maximum Gasteiger partial charge on any atom is 0.224 e. The zero-order valence-electron chi connectivity index (χ0n) is 13.1. The van der Waals surface area contributed by atoms with Crippen molar-refractivity contribution in [3.8, 4) is 0 Å². The number of amides is 2. The van der Waals surface area contributed by atoms with Crippen molar-refractivity contribution in [2.24, 2.45) is 0 Å². The minimum Gasteiger partial charge on any atom is -0.349 e. The van der Waals surface area contributed by atoms with E-state index in [1.54, 1.807) is 18.2 Å². The van der Waals surface area contributed by atoms with E-state index in [0.29, 0.717) is 10.7 Å². The van der Waals surface area contributed by atoms with E-state index in [9.17, 15) is 9.59 Å². The van der Waals surface area contributed by atoms with Crippen LogP contribution in [0.5, 0.6) is 0 Å². The van der Waals surface area contributed by atoms with Gasteiger partial charge in [0.15, 0.2) is 0 Å². The van der Waals surface area contributed by atoms with Gasteiger partial charge in [0.2, 0.25) is 11.8 Å². The van der Waals surface area contributed by atoms with Crippen molar-refractivity contribution in [1.29, 1.82) is 0 Å². The van der Waals surface area contributed by atoms with Crippen LogP contribution in [0.25, 0.3) is 0 Å². The number of rotatable bonds is 5. The van der Waals surface area contributed by atoms with Gasteiger partial charge in [-0.1, -0.05) is 41.9 Å². The fraction of sp³-hybridized carbons (Fsp3) is 0.222. The Kier molecular flexibility index (Phi) is 5.77.